The monoisotopic (exact) mass is 500 g/mol. The Morgan fingerprint density at radius 3 is 1.97 bits per heavy atom. The molecule has 3 heterocycles. The third-order valence-electron chi connectivity index (χ3n) is 7.88. The third kappa shape index (κ3) is 5.38. The predicted octanol–water partition coefficient (Wildman–Crippen LogP) is 3.90. The second kappa shape index (κ2) is 10.7. The molecule has 3 aromatic carbocycles. The number of ether oxygens (including phenoxy) is 1. The van der Waals surface area contributed by atoms with E-state index in [1.807, 2.05) is 66.7 Å². The van der Waals surface area contributed by atoms with Crippen molar-refractivity contribution < 1.29 is 23.9 Å². The first kappa shape index (κ1) is 25.0. The summed E-state index contributed by atoms with van der Waals surface area (Å²) in [4.78, 5) is 26.0. The maximum absolute atomic E-state index is 13.6. The van der Waals surface area contributed by atoms with Gasteiger partial charge in [-0.25, -0.2) is 9.59 Å². The number of carbonyl (C=O) groups is 2. The Morgan fingerprint density at radius 1 is 0.865 bits per heavy atom. The van der Waals surface area contributed by atoms with Gasteiger partial charge in [0.15, 0.2) is 6.10 Å². The number of esters is 1. The molecule has 3 saturated heterocycles. The van der Waals surface area contributed by atoms with E-state index in [9.17, 15) is 14.7 Å². The van der Waals surface area contributed by atoms with Crippen LogP contribution in [0.15, 0.2) is 91.0 Å². The van der Waals surface area contributed by atoms with Crippen LogP contribution in [0.4, 0.5) is 10.5 Å². The summed E-state index contributed by atoms with van der Waals surface area (Å²) < 4.78 is 6.93. The van der Waals surface area contributed by atoms with Gasteiger partial charge < -0.3 is 25.0 Å². The molecule has 37 heavy (non-hydrogen) atoms. The summed E-state index contributed by atoms with van der Waals surface area (Å²) >= 11 is 0. The molecule has 2 amide bonds. The van der Waals surface area contributed by atoms with Crippen molar-refractivity contribution in [2.45, 2.75) is 24.5 Å². The zero-order chi connectivity index (χ0) is 25.7. The minimum Gasteiger partial charge on any atom is -0.453 e. The molecule has 3 N–H and O–H groups in total. The second-order valence-corrected chi connectivity index (χ2v) is 10.2. The molecule has 0 aliphatic carbocycles. The fraction of sp³-hybridized carbons (Fsp3) is 0.333. The van der Waals surface area contributed by atoms with Crippen molar-refractivity contribution in [2.75, 3.05) is 38.0 Å². The number of anilines is 1. The van der Waals surface area contributed by atoms with Gasteiger partial charge in [0.2, 0.25) is 5.60 Å². The fourth-order valence-electron chi connectivity index (χ4n) is 5.76. The van der Waals surface area contributed by atoms with Crippen molar-refractivity contribution in [3.05, 3.63) is 102 Å². The van der Waals surface area contributed by atoms with Gasteiger partial charge in [-0.05, 0) is 23.3 Å². The molecule has 192 valence electrons. The molecule has 0 aromatic heterocycles. The number of nitrogens with zero attached hydrogens (tertiary/aromatic N) is 1. The van der Waals surface area contributed by atoms with Crippen LogP contribution in [0.5, 0.6) is 0 Å². The van der Waals surface area contributed by atoms with E-state index in [0.29, 0.717) is 24.2 Å². The van der Waals surface area contributed by atoms with Crippen molar-refractivity contribution in [1.82, 2.24) is 5.32 Å². The lowest BCUT2D eigenvalue weighted by molar-refractivity contribution is -0.945. The van der Waals surface area contributed by atoms with E-state index >= 15 is 0 Å². The molecule has 6 rings (SSSR count). The summed E-state index contributed by atoms with van der Waals surface area (Å²) in [6.45, 7) is 4.00. The number of urea groups is 1. The summed E-state index contributed by atoms with van der Waals surface area (Å²) in [5.74, 6) is -0.351. The third-order valence-corrected chi connectivity index (χ3v) is 7.88. The summed E-state index contributed by atoms with van der Waals surface area (Å²) in [6, 6.07) is 27.1. The SMILES string of the molecule is O=C(NCC[N+]12CCC(CC1)[C@@H](OC(=O)C(O)(c1ccccc1)c1ccccc1)C2)Nc1ccccc1. The van der Waals surface area contributed by atoms with Crippen molar-refractivity contribution in [3.63, 3.8) is 0 Å². The molecule has 0 spiro atoms. The van der Waals surface area contributed by atoms with E-state index < -0.39 is 11.6 Å². The van der Waals surface area contributed by atoms with Crippen LogP contribution in [0.1, 0.15) is 24.0 Å². The summed E-state index contributed by atoms with van der Waals surface area (Å²) in [5, 5.41) is 17.6. The van der Waals surface area contributed by atoms with Crippen LogP contribution in [-0.4, -0.2) is 60.4 Å². The quantitative estimate of drug-likeness (QED) is 0.323. The highest BCUT2D eigenvalue weighted by Gasteiger charge is 2.50. The number of fused-ring (bicyclic) bond motifs is 3. The van der Waals surface area contributed by atoms with Gasteiger partial charge in [-0.3, -0.25) is 0 Å². The minimum atomic E-state index is -1.88. The molecule has 2 bridgehead atoms. The Hall–Kier alpha value is -3.68. The van der Waals surface area contributed by atoms with E-state index in [1.165, 1.54) is 0 Å². The number of hydrogen-bond donors (Lipinski definition) is 3. The fourth-order valence-corrected chi connectivity index (χ4v) is 5.76. The van der Waals surface area contributed by atoms with Gasteiger partial charge in [0.05, 0.1) is 26.2 Å². The van der Waals surface area contributed by atoms with E-state index in [1.54, 1.807) is 24.3 Å². The molecule has 0 saturated carbocycles. The van der Waals surface area contributed by atoms with Crippen LogP contribution < -0.4 is 10.6 Å². The van der Waals surface area contributed by atoms with Crippen molar-refractivity contribution in [3.8, 4) is 0 Å². The number of carbonyl (C=O) groups excluding carboxylic acids is 2. The maximum atomic E-state index is 13.6. The largest absolute Gasteiger partial charge is 0.453 e. The van der Waals surface area contributed by atoms with Gasteiger partial charge in [-0.15, -0.1) is 0 Å². The van der Waals surface area contributed by atoms with Crippen molar-refractivity contribution in [1.29, 1.82) is 0 Å². The number of aliphatic hydroxyl groups is 1. The average Bonchev–Trinajstić information content (AvgIpc) is 2.94. The van der Waals surface area contributed by atoms with Crippen LogP contribution in [0, 0.1) is 5.92 Å². The molecule has 3 aliphatic heterocycles. The molecule has 3 aliphatic rings. The molecule has 1 atom stereocenters. The van der Waals surface area contributed by atoms with E-state index in [2.05, 4.69) is 10.6 Å². The standard InChI is InChI=1S/C30H33N3O4/c34-28(30(36,24-10-4-1-5-11-24)25-12-6-2-7-13-25)37-27-22-33(19-16-23(27)17-20-33)21-18-31-29(35)32-26-14-8-3-9-15-26/h1-15,23,27,36H,16-22H2,(H-,31,32,35)/p+1/t23?,27-,33?/m0/s1. The first-order chi connectivity index (χ1) is 18.0. The lowest BCUT2D eigenvalue weighted by atomic mass is 9.82. The smallest absolute Gasteiger partial charge is 0.348 e. The normalized spacial score (nSPS) is 22.7. The first-order valence-corrected chi connectivity index (χ1v) is 13.0. The minimum absolute atomic E-state index is 0.227. The molecular weight excluding hydrogens is 466 g/mol. The highest BCUT2D eigenvalue weighted by Crippen LogP contribution is 2.38. The topological polar surface area (TPSA) is 87.7 Å². The van der Waals surface area contributed by atoms with Crippen molar-refractivity contribution >= 4 is 17.7 Å². The molecule has 0 unspecified atom stereocenters. The Bertz CT molecular complexity index is 1160. The van der Waals surface area contributed by atoms with Gasteiger partial charge >= 0.3 is 12.0 Å². The van der Waals surface area contributed by atoms with E-state index in [-0.39, 0.29) is 18.1 Å². The first-order valence-electron chi connectivity index (χ1n) is 13.0. The number of benzene rings is 3. The summed E-state index contributed by atoms with van der Waals surface area (Å²) in [6.07, 6.45) is 1.65. The highest BCUT2D eigenvalue weighted by atomic mass is 16.6. The Balaban J connectivity index is 1.24. The van der Waals surface area contributed by atoms with Gasteiger partial charge in [-0.2, -0.15) is 0 Å². The van der Waals surface area contributed by atoms with Gasteiger partial charge in [0.25, 0.3) is 0 Å². The Labute approximate surface area is 217 Å². The van der Waals surface area contributed by atoms with Crippen LogP contribution in [0.2, 0.25) is 0 Å². The van der Waals surface area contributed by atoms with Gasteiger partial charge in [0, 0.05) is 24.4 Å². The number of nitrogens with one attached hydrogen (secondary N) is 2. The lowest BCUT2D eigenvalue weighted by Crippen LogP contribution is -2.66. The molecular formula is C30H34N3O4+. The summed E-state index contributed by atoms with van der Waals surface area (Å²) in [7, 11) is 0. The number of rotatable bonds is 8. The van der Waals surface area contributed by atoms with E-state index in [4.69, 9.17) is 4.74 Å². The molecule has 3 fully saturated rings. The second-order valence-electron chi connectivity index (χ2n) is 10.2. The van der Waals surface area contributed by atoms with Gasteiger partial charge in [-0.1, -0.05) is 78.9 Å². The Morgan fingerprint density at radius 2 is 1.41 bits per heavy atom. The van der Waals surface area contributed by atoms with Crippen molar-refractivity contribution in [2.24, 2.45) is 5.92 Å². The zero-order valence-electron chi connectivity index (χ0n) is 20.9. The van der Waals surface area contributed by atoms with E-state index in [0.717, 1.165) is 42.6 Å². The molecule has 3 aromatic rings. The average molecular weight is 501 g/mol. The number of quaternary nitrogens is 1. The maximum Gasteiger partial charge on any atom is 0.348 e. The highest BCUT2D eigenvalue weighted by molar-refractivity contribution is 5.89. The number of hydrogen-bond acceptors (Lipinski definition) is 4. The molecule has 7 nitrogen and oxygen atoms in total. The van der Waals surface area contributed by atoms with Gasteiger partial charge in [0.1, 0.15) is 6.54 Å². The number of para-hydroxylation sites is 1. The lowest BCUT2D eigenvalue weighted by Gasteiger charge is -2.52. The molecule has 0 radical (unpaired) electrons. The predicted molar refractivity (Wildman–Crippen MR) is 142 cm³/mol. The zero-order valence-corrected chi connectivity index (χ0v) is 20.9. The van der Waals surface area contributed by atoms with Crippen LogP contribution in [-0.2, 0) is 15.1 Å². The number of amides is 2. The number of piperidine rings is 3. The van der Waals surface area contributed by atoms with Crippen LogP contribution in [0.25, 0.3) is 0 Å². The van der Waals surface area contributed by atoms with Crippen LogP contribution in [0.3, 0.4) is 0 Å². The van der Waals surface area contributed by atoms with Crippen LogP contribution >= 0.6 is 0 Å². The summed E-state index contributed by atoms with van der Waals surface area (Å²) in [5.41, 5.74) is -0.145. The Kier molecular flexibility index (Phi) is 7.26. The molecule has 7 heteroatoms.